The smallest absolute Gasteiger partial charge is 0.248 e. The second-order valence-corrected chi connectivity index (χ2v) is 10.3. The zero-order valence-electron chi connectivity index (χ0n) is 17.8. The number of rotatable bonds is 7. The van der Waals surface area contributed by atoms with E-state index in [0.29, 0.717) is 16.3 Å². The van der Waals surface area contributed by atoms with Crippen LogP contribution in [0.1, 0.15) is 16.7 Å². The topological polar surface area (TPSA) is 89.0 Å². The number of nitrogens with zero attached hydrogens (tertiary/aromatic N) is 2. The van der Waals surface area contributed by atoms with E-state index in [9.17, 15) is 13.2 Å². The molecule has 8 heteroatoms. The number of carbonyl (C=O) groups excluding carboxylic acids is 1. The minimum Gasteiger partial charge on any atom is -0.322 e. The monoisotopic (exact) mass is 475 g/mol. The number of sulfone groups is 1. The number of anilines is 1. The van der Waals surface area contributed by atoms with Crippen LogP contribution in [0.15, 0.2) is 89.3 Å². The first-order chi connectivity index (χ1) is 15.9. The molecule has 0 spiro atoms. The molecule has 3 aromatic carbocycles. The number of aromatic nitrogens is 2. The van der Waals surface area contributed by atoms with Crippen molar-refractivity contribution < 1.29 is 13.2 Å². The first-order valence-corrected chi connectivity index (χ1v) is 12.7. The summed E-state index contributed by atoms with van der Waals surface area (Å²) in [4.78, 5) is 12.7. The molecule has 1 N–H and O–H groups in total. The van der Waals surface area contributed by atoms with Crippen molar-refractivity contribution >= 4 is 38.8 Å². The molecule has 1 heterocycles. The van der Waals surface area contributed by atoms with E-state index in [4.69, 9.17) is 0 Å². The Morgan fingerprint density at radius 2 is 1.85 bits per heavy atom. The van der Waals surface area contributed by atoms with Gasteiger partial charge in [0.15, 0.2) is 9.84 Å². The van der Waals surface area contributed by atoms with Crippen LogP contribution in [-0.4, -0.2) is 24.5 Å². The molecule has 4 aromatic rings. The minimum absolute atomic E-state index is 0.0786. The van der Waals surface area contributed by atoms with Gasteiger partial charge in [-0.2, -0.15) is 0 Å². The quantitative estimate of drug-likeness (QED) is 0.374. The molecule has 0 unspecified atom stereocenters. The van der Waals surface area contributed by atoms with Gasteiger partial charge in [-0.15, -0.1) is 10.2 Å². The van der Waals surface area contributed by atoms with Crippen molar-refractivity contribution in [1.82, 2.24) is 10.2 Å². The number of hydrogen-bond donors (Lipinski definition) is 1. The fraction of sp³-hybridized carbons (Fsp3) is 0.0800. The van der Waals surface area contributed by atoms with Crippen molar-refractivity contribution in [2.75, 3.05) is 5.32 Å². The number of benzene rings is 3. The number of carbonyl (C=O) groups is 1. The van der Waals surface area contributed by atoms with Crippen LogP contribution in [0.4, 0.5) is 5.69 Å². The molecule has 0 aliphatic rings. The predicted octanol–water partition coefficient (Wildman–Crippen LogP) is 5.14. The van der Waals surface area contributed by atoms with Crippen LogP contribution in [0.2, 0.25) is 0 Å². The summed E-state index contributed by atoms with van der Waals surface area (Å²) < 4.78 is 25.8. The summed E-state index contributed by atoms with van der Waals surface area (Å²) >= 11 is 1.38. The van der Waals surface area contributed by atoms with Gasteiger partial charge in [0.05, 0.1) is 16.3 Å². The van der Waals surface area contributed by atoms with Crippen LogP contribution in [0.3, 0.4) is 0 Å². The third-order valence-electron chi connectivity index (χ3n) is 4.86. The maximum atomic E-state index is 12.9. The lowest BCUT2D eigenvalue weighted by atomic mass is 10.2. The Bertz CT molecular complexity index is 1410. The molecule has 6 nitrogen and oxygen atoms in total. The van der Waals surface area contributed by atoms with Gasteiger partial charge < -0.3 is 5.32 Å². The van der Waals surface area contributed by atoms with E-state index >= 15 is 0 Å². The van der Waals surface area contributed by atoms with Gasteiger partial charge in [-0.1, -0.05) is 65.4 Å². The van der Waals surface area contributed by atoms with E-state index in [1.165, 1.54) is 17.4 Å². The summed E-state index contributed by atoms with van der Waals surface area (Å²) in [5, 5.41) is 11.5. The number of amides is 1. The van der Waals surface area contributed by atoms with Crippen LogP contribution in [-0.2, 0) is 20.4 Å². The predicted molar refractivity (Wildman–Crippen MR) is 132 cm³/mol. The van der Waals surface area contributed by atoms with E-state index in [2.05, 4.69) is 15.5 Å². The van der Waals surface area contributed by atoms with E-state index in [1.807, 2.05) is 43.3 Å². The molecule has 1 aromatic heterocycles. The van der Waals surface area contributed by atoms with E-state index < -0.39 is 9.84 Å². The van der Waals surface area contributed by atoms with Gasteiger partial charge in [-0.3, -0.25) is 4.79 Å². The van der Waals surface area contributed by atoms with Crippen molar-refractivity contribution in [2.24, 2.45) is 0 Å². The Balaban J connectivity index is 1.49. The summed E-state index contributed by atoms with van der Waals surface area (Å²) in [6.45, 7) is 1.93. The Morgan fingerprint density at radius 1 is 1.03 bits per heavy atom. The van der Waals surface area contributed by atoms with E-state index in [1.54, 1.807) is 48.0 Å². The Morgan fingerprint density at radius 3 is 2.64 bits per heavy atom. The van der Waals surface area contributed by atoms with Crippen LogP contribution in [0.25, 0.3) is 16.6 Å². The van der Waals surface area contributed by atoms with Crippen molar-refractivity contribution in [3.63, 3.8) is 0 Å². The molecule has 0 bridgehead atoms. The highest BCUT2D eigenvalue weighted by molar-refractivity contribution is 7.90. The Kier molecular flexibility index (Phi) is 6.76. The van der Waals surface area contributed by atoms with Gasteiger partial charge in [0.1, 0.15) is 10.5 Å². The SMILES string of the molecule is Cc1cccc(CS(=O)(=O)c2cccc(/C=C/C(=O)Nc3ccccc3-c3nncs3)c2)c1. The summed E-state index contributed by atoms with van der Waals surface area (Å²) in [6, 6.07) is 21.4. The van der Waals surface area contributed by atoms with E-state index in [0.717, 1.165) is 16.7 Å². The highest BCUT2D eigenvalue weighted by atomic mass is 32.2. The standard InChI is InChI=1S/C25H21N3O3S2/c1-18-6-4-8-20(14-18)16-33(30,31)21-9-5-7-19(15-21)12-13-24(29)27-23-11-3-2-10-22(23)25-28-26-17-32-25/h2-15,17H,16H2,1H3,(H,27,29)/b13-12+. The fourth-order valence-electron chi connectivity index (χ4n) is 3.33. The molecule has 4 rings (SSSR count). The molecule has 0 saturated carbocycles. The average Bonchev–Trinajstić information content (AvgIpc) is 3.33. The van der Waals surface area contributed by atoms with Crippen LogP contribution < -0.4 is 5.32 Å². The molecular formula is C25H21N3O3S2. The summed E-state index contributed by atoms with van der Waals surface area (Å²) in [6.07, 6.45) is 2.97. The van der Waals surface area contributed by atoms with Crippen LogP contribution in [0, 0.1) is 6.92 Å². The van der Waals surface area contributed by atoms with Crippen molar-refractivity contribution in [3.8, 4) is 10.6 Å². The first kappa shape index (κ1) is 22.6. The largest absolute Gasteiger partial charge is 0.322 e. The maximum absolute atomic E-state index is 12.9. The van der Waals surface area contributed by atoms with Crippen molar-refractivity contribution in [3.05, 3.63) is 101 Å². The molecule has 33 heavy (non-hydrogen) atoms. The molecule has 0 fully saturated rings. The molecule has 0 radical (unpaired) electrons. The lowest BCUT2D eigenvalue weighted by molar-refractivity contribution is -0.111. The van der Waals surface area contributed by atoms with Crippen molar-refractivity contribution in [2.45, 2.75) is 17.6 Å². The number of para-hydroxylation sites is 1. The lowest BCUT2D eigenvalue weighted by Crippen LogP contribution is -2.08. The molecule has 166 valence electrons. The zero-order valence-corrected chi connectivity index (χ0v) is 19.4. The third kappa shape index (κ3) is 5.79. The first-order valence-electron chi connectivity index (χ1n) is 10.1. The summed E-state index contributed by atoms with van der Waals surface area (Å²) in [5.41, 5.74) is 5.41. The summed E-state index contributed by atoms with van der Waals surface area (Å²) in [5.74, 6) is -0.412. The van der Waals surface area contributed by atoms with E-state index in [-0.39, 0.29) is 16.6 Å². The molecule has 0 atom stereocenters. The minimum atomic E-state index is -3.52. The number of hydrogen-bond acceptors (Lipinski definition) is 6. The Hall–Kier alpha value is -3.62. The number of aryl methyl sites for hydroxylation is 1. The third-order valence-corrected chi connectivity index (χ3v) is 7.27. The Labute approximate surface area is 196 Å². The highest BCUT2D eigenvalue weighted by Crippen LogP contribution is 2.28. The molecule has 1 amide bonds. The van der Waals surface area contributed by atoms with Gasteiger partial charge in [0.2, 0.25) is 5.91 Å². The second-order valence-electron chi connectivity index (χ2n) is 7.43. The highest BCUT2D eigenvalue weighted by Gasteiger charge is 2.16. The van der Waals surface area contributed by atoms with Gasteiger partial charge in [0, 0.05) is 11.6 Å². The van der Waals surface area contributed by atoms with Crippen LogP contribution in [0.5, 0.6) is 0 Å². The summed E-state index contributed by atoms with van der Waals surface area (Å²) in [7, 11) is -3.52. The maximum Gasteiger partial charge on any atom is 0.248 e. The van der Waals surface area contributed by atoms with Gasteiger partial charge in [0.25, 0.3) is 0 Å². The normalized spacial score (nSPS) is 11.5. The van der Waals surface area contributed by atoms with Gasteiger partial charge >= 0.3 is 0 Å². The average molecular weight is 476 g/mol. The lowest BCUT2D eigenvalue weighted by Gasteiger charge is -2.07. The molecule has 0 saturated heterocycles. The van der Waals surface area contributed by atoms with Gasteiger partial charge in [-0.05, 0) is 48.4 Å². The fourth-order valence-corrected chi connectivity index (χ4v) is 5.31. The van der Waals surface area contributed by atoms with Gasteiger partial charge in [-0.25, -0.2) is 8.42 Å². The molecule has 0 aliphatic carbocycles. The van der Waals surface area contributed by atoms with Crippen molar-refractivity contribution in [1.29, 1.82) is 0 Å². The zero-order chi connectivity index (χ0) is 23.3. The second kappa shape index (κ2) is 9.89. The molecule has 0 aliphatic heterocycles. The van der Waals surface area contributed by atoms with Crippen LogP contribution >= 0.6 is 11.3 Å². The number of nitrogens with one attached hydrogen (secondary N) is 1. The molecular weight excluding hydrogens is 454 g/mol.